The van der Waals surface area contributed by atoms with E-state index in [1.165, 1.54) is 38.1 Å². The number of nitrogens with zero attached hydrogens (tertiary/aromatic N) is 4. The monoisotopic (exact) mass is 417 g/mol. The van der Waals surface area contributed by atoms with E-state index in [2.05, 4.69) is 20.2 Å². The number of aryl methyl sites for hydroxylation is 1. The van der Waals surface area contributed by atoms with Crippen molar-refractivity contribution < 1.29 is 19.1 Å². The fourth-order valence-corrected chi connectivity index (χ4v) is 4.24. The topological polar surface area (TPSA) is 96.9 Å². The highest BCUT2D eigenvalue weighted by molar-refractivity contribution is 5.93. The zero-order valence-electron chi connectivity index (χ0n) is 17.6. The molecule has 2 amide bonds. The number of ether oxygens (including phenoxy) is 2. The van der Waals surface area contributed by atoms with E-state index in [4.69, 9.17) is 9.47 Å². The highest BCUT2D eigenvalue weighted by atomic mass is 16.6. The molecule has 1 N–H and O–H groups in total. The first-order valence-corrected chi connectivity index (χ1v) is 10.9. The van der Waals surface area contributed by atoms with Gasteiger partial charge in [-0.3, -0.25) is 14.5 Å². The average Bonchev–Trinajstić information content (AvgIpc) is 2.87. The minimum Gasteiger partial charge on any atom is -0.371 e. The minimum absolute atomic E-state index is 0.150. The number of carbonyl (C=O) groups is 2. The number of likely N-dealkylation sites (tertiary alicyclic amines) is 2. The molecule has 0 aromatic carbocycles. The number of nitrogens with one attached hydrogen (secondary N) is 1. The SMILES string of the molecule is Cc1ncc(C(=O)NC2CO[C@H]3CN(C(=O)CN4CCCCCC4)C[C@@H]3OC2)cn1. The maximum absolute atomic E-state index is 12.8. The second kappa shape index (κ2) is 9.80. The van der Waals surface area contributed by atoms with E-state index in [-0.39, 0.29) is 30.1 Å². The molecule has 4 rings (SSSR count). The van der Waals surface area contributed by atoms with Gasteiger partial charge in [-0.25, -0.2) is 9.97 Å². The second-order valence-corrected chi connectivity index (χ2v) is 8.42. The zero-order valence-corrected chi connectivity index (χ0v) is 17.6. The van der Waals surface area contributed by atoms with Crippen molar-refractivity contribution in [2.45, 2.75) is 50.9 Å². The summed E-state index contributed by atoms with van der Waals surface area (Å²) in [6.45, 7) is 6.07. The molecule has 0 saturated carbocycles. The first kappa shape index (κ1) is 21.1. The summed E-state index contributed by atoms with van der Waals surface area (Å²) in [5, 5.41) is 2.92. The summed E-state index contributed by atoms with van der Waals surface area (Å²) in [6.07, 6.45) is 7.59. The molecule has 0 aliphatic carbocycles. The predicted molar refractivity (Wildman–Crippen MR) is 109 cm³/mol. The van der Waals surface area contributed by atoms with Crippen LogP contribution in [0.1, 0.15) is 41.9 Å². The summed E-state index contributed by atoms with van der Waals surface area (Å²) in [6, 6.07) is -0.245. The Bertz CT molecular complexity index is 719. The minimum atomic E-state index is -0.245. The number of hydrogen-bond donors (Lipinski definition) is 1. The van der Waals surface area contributed by atoms with Gasteiger partial charge in [0, 0.05) is 25.5 Å². The number of carbonyl (C=O) groups excluding carboxylic acids is 2. The molecule has 2 atom stereocenters. The van der Waals surface area contributed by atoms with Crippen LogP contribution in [0.25, 0.3) is 0 Å². The van der Waals surface area contributed by atoms with E-state index in [1.807, 2.05) is 4.90 Å². The molecule has 3 aliphatic heterocycles. The van der Waals surface area contributed by atoms with Crippen molar-refractivity contribution in [2.75, 3.05) is 45.9 Å². The molecule has 30 heavy (non-hydrogen) atoms. The van der Waals surface area contributed by atoms with Crippen molar-refractivity contribution in [3.63, 3.8) is 0 Å². The van der Waals surface area contributed by atoms with Crippen LogP contribution in [0.3, 0.4) is 0 Å². The Kier molecular flexibility index (Phi) is 6.91. The largest absolute Gasteiger partial charge is 0.371 e. The van der Waals surface area contributed by atoms with E-state index in [9.17, 15) is 9.59 Å². The van der Waals surface area contributed by atoms with Gasteiger partial charge in [-0.15, -0.1) is 0 Å². The quantitative estimate of drug-likeness (QED) is 0.757. The van der Waals surface area contributed by atoms with Crippen LogP contribution in [0.2, 0.25) is 0 Å². The van der Waals surface area contributed by atoms with Crippen LogP contribution in [-0.2, 0) is 14.3 Å². The van der Waals surface area contributed by atoms with Gasteiger partial charge in [0.05, 0.1) is 31.4 Å². The van der Waals surface area contributed by atoms with Crippen molar-refractivity contribution in [1.82, 2.24) is 25.1 Å². The Morgan fingerprint density at radius 2 is 1.63 bits per heavy atom. The fraction of sp³-hybridized carbons (Fsp3) is 0.714. The molecule has 9 nitrogen and oxygen atoms in total. The summed E-state index contributed by atoms with van der Waals surface area (Å²) < 4.78 is 12.0. The standard InChI is InChI=1S/C21H31N5O4/c1-15-22-8-16(9-23-15)21(28)24-17-13-29-18-10-26(11-19(18)30-14-17)20(27)12-25-6-4-2-3-5-7-25/h8-9,17-19H,2-7,10-14H2,1H3,(H,24,28)/t18-,19-/m0/s1. The summed E-state index contributed by atoms with van der Waals surface area (Å²) >= 11 is 0. The Labute approximate surface area is 177 Å². The maximum atomic E-state index is 12.8. The number of fused-ring (bicyclic) bond motifs is 1. The van der Waals surface area contributed by atoms with Gasteiger partial charge in [-0.1, -0.05) is 12.8 Å². The lowest BCUT2D eigenvalue weighted by molar-refractivity contribution is -0.132. The van der Waals surface area contributed by atoms with Gasteiger partial charge in [0.1, 0.15) is 18.0 Å². The molecule has 1 aromatic heterocycles. The van der Waals surface area contributed by atoms with Crippen LogP contribution in [0, 0.1) is 6.92 Å². The third-order valence-corrected chi connectivity index (χ3v) is 6.03. The van der Waals surface area contributed by atoms with Gasteiger partial charge in [0.15, 0.2) is 0 Å². The molecule has 9 heteroatoms. The fourth-order valence-electron chi connectivity index (χ4n) is 4.24. The van der Waals surface area contributed by atoms with Gasteiger partial charge in [-0.2, -0.15) is 0 Å². The van der Waals surface area contributed by atoms with E-state index >= 15 is 0 Å². The van der Waals surface area contributed by atoms with E-state index in [0.29, 0.717) is 44.2 Å². The summed E-state index contributed by atoms with van der Waals surface area (Å²) in [5.74, 6) is 0.533. The highest BCUT2D eigenvalue weighted by Crippen LogP contribution is 2.21. The molecule has 164 valence electrons. The van der Waals surface area contributed by atoms with Crippen molar-refractivity contribution in [3.8, 4) is 0 Å². The summed E-state index contributed by atoms with van der Waals surface area (Å²) in [4.78, 5) is 37.4. The Balaban J connectivity index is 1.25. The van der Waals surface area contributed by atoms with Gasteiger partial charge in [0.2, 0.25) is 5.91 Å². The van der Waals surface area contributed by atoms with E-state index in [0.717, 1.165) is 13.1 Å². The molecule has 3 saturated heterocycles. The lowest BCUT2D eigenvalue weighted by Crippen LogP contribution is -2.42. The molecular weight excluding hydrogens is 386 g/mol. The lowest BCUT2D eigenvalue weighted by atomic mass is 10.2. The lowest BCUT2D eigenvalue weighted by Gasteiger charge is -2.24. The van der Waals surface area contributed by atoms with Crippen LogP contribution in [-0.4, -0.2) is 95.8 Å². The van der Waals surface area contributed by atoms with Crippen molar-refractivity contribution in [1.29, 1.82) is 0 Å². The van der Waals surface area contributed by atoms with E-state index in [1.54, 1.807) is 6.92 Å². The Morgan fingerprint density at radius 1 is 1.03 bits per heavy atom. The van der Waals surface area contributed by atoms with Crippen LogP contribution < -0.4 is 5.32 Å². The molecule has 3 aliphatic rings. The predicted octanol–water partition coefficient (Wildman–Crippen LogP) is 0.386. The van der Waals surface area contributed by atoms with Gasteiger partial charge in [0.25, 0.3) is 5.91 Å². The normalized spacial score (nSPS) is 26.0. The van der Waals surface area contributed by atoms with Gasteiger partial charge < -0.3 is 19.7 Å². The summed E-state index contributed by atoms with van der Waals surface area (Å²) in [7, 11) is 0. The first-order valence-electron chi connectivity index (χ1n) is 10.9. The molecule has 0 spiro atoms. The molecular formula is C21H31N5O4. The van der Waals surface area contributed by atoms with Crippen LogP contribution in [0.5, 0.6) is 0 Å². The maximum Gasteiger partial charge on any atom is 0.254 e. The van der Waals surface area contributed by atoms with Crippen molar-refractivity contribution in [3.05, 3.63) is 23.8 Å². The van der Waals surface area contributed by atoms with Crippen LogP contribution in [0.4, 0.5) is 0 Å². The highest BCUT2D eigenvalue weighted by Gasteiger charge is 2.39. The van der Waals surface area contributed by atoms with Crippen molar-refractivity contribution in [2.24, 2.45) is 0 Å². The zero-order chi connectivity index (χ0) is 20.9. The van der Waals surface area contributed by atoms with Crippen LogP contribution >= 0.6 is 0 Å². The van der Waals surface area contributed by atoms with Crippen LogP contribution in [0.15, 0.2) is 12.4 Å². The van der Waals surface area contributed by atoms with E-state index < -0.39 is 0 Å². The third kappa shape index (κ3) is 5.33. The summed E-state index contributed by atoms with van der Waals surface area (Å²) in [5.41, 5.74) is 0.412. The van der Waals surface area contributed by atoms with Crippen molar-refractivity contribution >= 4 is 11.8 Å². The van der Waals surface area contributed by atoms with Gasteiger partial charge in [-0.05, 0) is 32.9 Å². The number of aromatic nitrogens is 2. The molecule has 3 fully saturated rings. The smallest absolute Gasteiger partial charge is 0.254 e. The molecule has 0 radical (unpaired) electrons. The second-order valence-electron chi connectivity index (χ2n) is 8.42. The molecule has 0 bridgehead atoms. The number of rotatable bonds is 4. The Morgan fingerprint density at radius 3 is 2.23 bits per heavy atom. The first-order chi connectivity index (χ1) is 14.6. The molecule has 1 aromatic rings. The number of amides is 2. The molecule has 4 heterocycles. The third-order valence-electron chi connectivity index (χ3n) is 6.03. The Hall–Kier alpha value is -2.10. The molecule has 0 unspecified atom stereocenters. The average molecular weight is 418 g/mol. The number of hydrogen-bond acceptors (Lipinski definition) is 7. The van der Waals surface area contributed by atoms with Gasteiger partial charge >= 0.3 is 0 Å².